The Labute approximate surface area is 74.2 Å². The Morgan fingerprint density at radius 3 is 3.08 bits per heavy atom. The lowest BCUT2D eigenvalue weighted by Crippen LogP contribution is -2.13. The molecule has 0 aliphatic carbocycles. The quantitative estimate of drug-likeness (QED) is 0.668. The van der Waals surface area contributed by atoms with Crippen LogP contribution in [0.3, 0.4) is 0 Å². The summed E-state index contributed by atoms with van der Waals surface area (Å²) in [5.74, 6) is -0.552. The monoisotopic (exact) mass is 176 g/mol. The lowest BCUT2D eigenvalue weighted by atomic mass is 10.2. The van der Waals surface area contributed by atoms with Gasteiger partial charge in [-0.15, -0.1) is 0 Å². The second kappa shape index (κ2) is 2.55. The van der Waals surface area contributed by atoms with E-state index in [9.17, 15) is 4.79 Å². The first-order valence-corrected chi connectivity index (χ1v) is 3.76. The minimum atomic E-state index is -0.552. The highest BCUT2D eigenvalue weighted by Gasteiger charge is 2.10. The number of nitrogens with zero attached hydrogens (tertiary/aromatic N) is 3. The van der Waals surface area contributed by atoms with Gasteiger partial charge in [-0.05, 0) is 6.07 Å². The first kappa shape index (κ1) is 7.72. The molecule has 2 heterocycles. The fourth-order valence-corrected chi connectivity index (χ4v) is 1.25. The summed E-state index contributed by atoms with van der Waals surface area (Å²) in [5.41, 5.74) is 5.91. The number of aromatic nitrogens is 3. The molecule has 0 fully saturated rings. The van der Waals surface area contributed by atoms with Crippen molar-refractivity contribution in [3.8, 4) is 0 Å². The van der Waals surface area contributed by atoms with Gasteiger partial charge in [0, 0.05) is 24.8 Å². The van der Waals surface area contributed by atoms with Crippen LogP contribution < -0.4 is 5.73 Å². The number of pyridine rings is 1. The third-order valence-electron chi connectivity index (χ3n) is 1.77. The molecule has 5 heteroatoms. The van der Waals surface area contributed by atoms with Crippen molar-refractivity contribution in [2.24, 2.45) is 12.8 Å². The predicted octanol–water partition coefficient (Wildman–Crippen LogP) is 0.0672. The van der Waals surface area contributed by atoms with Crippen molar-refractivity contribution in [3.05, 3.63) is 24.2 Å². The van der Waals surface area contributed by atoms with Gasteiger partial charge in [0.1, 0.15) is 5.52 Å². The molecular weight excluding hydrogens is 168 g/mol. The largest absolute Gasteiger partial charge is 0.364 e. The Balaban J connectivity index is 2.82. The van der Waals surface area contributed by atoms with E-state index in [0.717, 1.165) is 5.39 Å². The van der Waals surface area contributed by atoms with Gasteiger partial charge in [0.2, 0.25) is 0 Å². The summed E-state index contributed by atoms with van der Waals surface area (Å²) in [6, 6.07) is 1.79. The van der Waals surface area contributed by atoms with Gasteiger partial charge in [0.05, 0.1) is 0 Å². The summed E-state index contributed by atoms with van der Waals surface area (Å²) in [6.45, 7) is 0. The normalized spacial score (nSPS) is 10.5. The molecule has 5 nitrogen and oxygen atoms in total. The van der Waals surface area contributed by atoms with E-state index in [2.05, 4.69) is 10.1 Å². The van der Waals surface area contributed by atoms with E-state index in [4.69, 9.17) is 5.73 Å². The van der Waals surface area contributed by atoms with Crippen molar-refractivity contribution in [1.29, 1.82) is 0 Å². The number of nitrogens with two attached hydrogens (primary N) is 1. The van der Waals surface area contributed by atoms with Crippen LogP contribution in [-0.2, 0) is 7.05 Å². The third-order valence-corrected chi connectivity index (χ3v) is 1.77. The molecular formula is C8H8N4O. The highest BCUT2D eigenvalue weighted by atomic mass is 16.1. The molecule has 0 bridgehead atoms. The van der Waals surface area contributed by atoms with E-state index in [1.807, 2.05) is 6.20 Å². The summed E-state index contributed by atoms with van der Waals surface area (Å²) in [6.07, 6.45) is 3.35. The number of carbonyl (C=O) groups excluding carboxylic acids is 1. The highest BCUT2D eigenvalue weighted by Crippen LogP contribution is 2.13. The zero-order valence-electron chi connectivity index (χ0n) is 7.06. The van der Waals surface area contributed by atoms with Crippen molar-refractivity contribution >= 4 is 16.8 Å². The maximum absolute atomic E-state index is 10.9. The van der Waals surface area contributed by atoms with E-state index >= 15 is 0 Å². The molecule has 0 radical (unpaired) electrons. The zero-order valence-corrected chi connectivity index (χ0v) is 7.06. The number of hydrogen-bond acceptors (Lipinski definition) is 3. The van der Waals surface area contributed by atoms with Gasteiger partial charge < -0.3 is 5.73 Å². The lowest BCUT2D eigenvalue weighted by Gasteiger charge is -1.93. The fraction of sp³-hybridized carbons (Fsp3) is 0.125. The molecule has 2 aromatic rings. The van der Waals surface area contributed by atoms with Crippen LogP contribution in [0.2, 0.25) is 0 Å². The van der Waals surface area contributed by atoms with E-state index in [1.165, 1.54) is 0 Å². The number of fused-ring (bicyclic) bond motifs is 1. The highest BCUT2D eigenvalue weighted by molar-refractivity contribution is 6.02. The molecule has 2 aromatic heterocycles. The summed E-state index contributed by atoms with van der Waals surface area (Å²) >= 11 is 0. The third kappa shape index (κ3) is 1.14. The van der Waals surface area contributed by atoms with Gasteiger partial charge in [-0.2, -0.15) is 5.10 Å². The summed E-state index contributed by atoms with van der Waals surface area (Å²) in [5, 5.41) is 4.95. The van der Waals surface area contributed by atoms with Crippen molar-refractivity contribution in [2.75, 3.05) is 0 Å². The Morgan fingerprint density at radius 1 is 1.62 bits per heavy atom. The molecule has 2 rings (SSSR count). The van der Waals surface area contributed by atoms with Crippen LogP contribution in [0, 0.1) is 0 Å². The Kier molecular flexibility index (Phi) is 1.51. The van der Waals surface area contributed by atoms with Gasteiger partial charge in [-0.25, -0.2) is 4.98 Å². The first-order valence-electron chi connectivity index (χ1n) is 3.76. The fourth-order valence-electron chi connectivity index (χ4n) is 1.25. The molecule has 2 N–H and O–H groups in total. The molecule has 66 valence electrons. The maximum atomic E-state index is 10.9. The van der Waals surface area contributed by atoms with Gasteiger partial charge in [-0.3, -0.25) is 9.48 Å². The number of primary amides is 1. The molecule has 0 aromatic carbocycles. The maximum Gasteiger partial charge on any atom is 0.269 e. The molecule has 0 saturated carbocycles. The van der Waals surface area contributed by atoms with Crippen LogP contribution in [0.15, 0.2) is 18.5 Å². The zero-order chi connectivity index (χ0) is 9.42. The number of amides is 1. The number of rotatable bonds is 1. The predicted molar refractivity (Wildman–Crippen MR) is 47.0 cm³/mol. The molecule has 0 aliphatic heterocycles. The van der Waals surface area contributed by atoms with Gasteiger partial charge in [-0.1, -0.05) is 0 Å². The van der Waals surface area contributed by atoms with Crippen molar-refractivity contribution in [1.82, 2.24) is 14.8 Å². The Bertz CT molecular complexity index is 474. The van der Waals surface area contributed by atoms with E-state index in [1.54, 1.807) is 24.0 Å². The van der Waals surface area contributed by atoms with Gasteiger partial charge >= 0.3 is 0 Å². The number of hydrogen-bond donors (Lipinski definition) is 1. The lowest BCUT2D eigenvalue weighted by molar-refractivity contribution is 0.0997. The van der Waals surface area contributed by atoms with Crippen LogP contribution >= 0.6 is 0 Å². The number of aryl methyl sites for hydroxylation is 1. The van der Waals surface area contributed by atoms with Crippen LogP contribution in [0.4, 0.5) is 0 Å². The topological polar surface area (TPSA) is 73.8 Å². The summed E-state index contributed by atoms with van der Waals surface area (Å²) < 4.78 is 1.62. The summed E-state index contributed by atoms with van der Waals surface area (Å²) in [4.78, 5) is 14.8. The van der Waals surface area contributed by atoms with Gasteiger partial charge in [0.25, 0.3) is 5.91 Å². The van der Waals surface area contributed by atoms with E-state index in [0.29, 0.717) is 5.52 Å². The van der Waals surface area contributed by atoms with E-state index < -0.39 is 5.91 Å². The SMILES string of the molecule is Cn1cc2ccnc(C(N)=O)c2n1. The minimum absolute atomic E-state index is 0.220. The number of carbonyl (C=O) groups is 1. The van der Waals surface area contributed by atoms with Crippen molar-refractivity contribution in [2.45, 2.75) is 0 Å². The Hall–Kier alpha value is -1.91. The molecule has 0 saturated heterocycles. The average molecular weight is 176 g/mol. The summed E-state index contributed by atoms with van der Waals surface area (Å²) in [7, 11) is 1.78. The second-order valence-corrected chi connectivity index (χ2v) is 2.76. The molecule has 0 aliphatic rings. The first-order chi connectivity index (χ1) is 6.18. The molecule has 0 atom stereocenters. The molecule has 0 unspecified atom stereocenters. The van der Waals surface area contributed by atoms with Crippen LogP contribution in [0.1, 0.15) is 10.5 Å². The second-order valence-electron chi connectivity index (χ2n) is 2.76. The van der Waals surface area contributed by atoms with E-state index in [-0.39, 0.29) is 5.69 Å². The molecule has 1 amide bonds. The van der Waals surface area contributed by atoms with Crippen molar-refractivity contribution in [3.63, 3.8) is 0 Å². The minimum Gasteiger partial charge on any atom is -0.364 e. The van der Waals surface area contributed by atoms with Crippen LogP contribution in [0.5, 0.6) is 0 Å². The average Bonchev–Trinajstić information content (AvgIpc) is 2.43. The van der Waals surface area contributed by atoms with Gasteiger partial charge in [0.15, 0.2) is 5.69 Å². The molecule has 0 spiro atoms. The van der Waals surface area contributed by atoms with Crippen molar-refractivity contribution < 1.29 is 4.79 Å². The smallest absolute Gasteiger partial charge is 0.269 e. The van der Waals surface area contributed by atoms with Crippen LogP contribution in [-0.4, -0.2) is 20.7 Å². The standard InChI is InChI=1S/C8H8N4O/c1-12-4-5-2-3-10-7(8(9)13)6(5)11-12/h2-4H,1H3,(H2,9,13). The molecule has 13 heavy (non-hydrogen) atoms. The van der Waals surface area contributed by atoms with Crippen LogP contribution in [0.25, 0.3) is 10.9 Å². The Morgan fingerprint density at radius 2 is 2.38 bits per heavy atom.